The predicted molar refractivity (Wildman–Crippen MR) is 196 cm³/mol. The van der Waals surface area contributed by atoms with Crippen molar-refractivity contribution in [1.29, 1.82) is 0 Å². The normalized spacial score (nSPS) is 20.2. The first kappa shape index (κ1) is 35.2. The largest absolute Gasteiger partial charge is 0.444 e. The fraction of sp³-hybridized carbons (Fsp3) is 0.525. The standard InChI is InChI=1S/C40H50F2N6O3/c1-25(49)47-23-29-17-28(26-8-10-31(11-9-26)44-32-12-15-46(16-13-32)39(50)51-40(2,3)4)19-37(35(29)24-47)48-14-6-7-27-18-33(30-21-43-45(5)22-30)34(38(41)42)20-36(27)48/h17-24,26,31-32,38,44H,6-16H2,1-5H3. The Morgan fingerprint density at radius 3 is 2.29 bits per heavy atom. The Morgan fingerprint density at radius 2 is 1.65 bits per heavy atom. The van der Waals surface area contributed by atoms with Crippen LogP contribution in [0.3, 0.4) is 0 Å². The van der Waals surface area contributed by atoms with Gasteiger partial charge in [0.1, 0.15) is 5.60 Å². The van der Waals surface area contributed by atoms with E-state index in [1.165, 1.54) is 5.56 Å². The molecule has 1 amide bonds. The summed E-state index contributed by atoms with van der Waals surface area (Å²) in [5.41, 5.74) is 4.77. The summed E-state index contributed by atoms with van der Waals surface area (Å²) < 4.78 is 38.1. The summed E-state index contributed by atoms with van der Waals surface area (Å²) in [5.74, 6) is 0.289. The second kappa shape index (κ2) is 14.1. The minimum absolute atomic E-state index is 0.00342. The first-order valence-corrected chi connectivity index (χ1v) is 18.4. The molecule has 3 aliphatic rings. The summed E-state index contributed by atoms with van der Waals surface area (Å²) in [5, 5.41) is 10.1. The zero-order chi connectivity index (χ0) is 36.0. The maximum atomic E-state index is 14.6. The number of likely N-dealkylation sites (tertiary alicyclic amines) is 1. The van der Waals surface area contributed by atoms with Crippen LogP contribution < -0.4 is 10.2 Å². The third kappa shape index (κ3) is 7.54. The van der Waals surface area contributed by atoms with Gasteiger partial charge >= 0.3 is 6.09 Å². The number of alkyl halides is 2. The molecule has 2 aliphatic heterocycles. The van der Waals surface area contributed by atoms with Crippen LogP contribution in [0.25, 0.3) is 21.9 Å². The molecule has 2 aromatic heterocycles. The van der Waals surface area contributed by atoms with E-state index in [1.807, 2.05) is 44.1 Å². The average Bonchev–Trinajstić information content (AvgIpc) is 3.73. The zero-order valence-electron chi connectivity index (χ0n) is 30.4. The van der Waals surface area contributed by atoms with E-state index in [0.29, 0.717) is 48.8 Å². The molecule has 51 heavy (non-hydrogen) atoms. The van der Waals surface area contributed by atoms with Crippen molar-refractivity contribution in [3.63, 3.8) is 0 Å². The number of halogens is 2. The molecular formula is C40H50F2N6O3. The smallest absolute Gasteiger partial charge is 0.410 e. The van der Waals surface area contributed by atoms with Crippen molar-refractivity contribution in [3.8, 4) is 11.1 Å². The zero-order valence-corrected chi connectivity index (χ0v) is 30.4. The van der Waals surface area contributed by atoms with E-state index >= 15 is 0 Å². The number of ether oxygens (including phenoxy) is 1. The van der Waals surface area contributed by atoms with E-state index in [1.54, 1.807) is 41.7 Å². The highest BCUT2D eigenvalue weighted by Crippen LogP contribution is 2.45. The first-order valence-electron chi connectivity index (χ1n) is 18.4. The van der Waals surface area contributed by atoms with Gasteiger partial charge in [-0.1, -0.05) is 0 Å². The number of amides is 1. The number of fused-ring (bicyclic) bond motifs is 2. The van der Waals surface area contributed by atoms with Crippen LogP contribution in [0.15, 0.2) is 49.1 Å². The van der Waals surface area contributed by atoms with Crippen LogP contribution in [0.5, 0.6) is 0 Å². The molecule has 4 heterocycles. The average molecular weight is 701 g/mol. The number of nitrogens with zero attached hydrogens (tertiary/aromatic N) is 5. The number of carbonyl (C=O) groups is 2. The number of piperidine rings is 1. The molecule has 1 saturated heterocycles. The number of hydrogen-bond acceptors (Lipinski definition) is 6. The fourth-order valence-corrected chi connectivity index (χ4v) is 8.27. The predicted octanol–water partition coefficient (Wildman–Crippen LogP) is 8.74. The van der Waals surface area contributed by atoms with Crippen molar-refractivity contribution < 1.29 is 23.1 Å². The molecule has 9 nitrogen and oxygen atoms in total. The Hall–Kier alpha value is -4.25. The van der Waals surface area contributed by atoms with E-state index in [-0.39, 0.29) is 17.6 Å². The molecule has 2 fully saturated rings. The fourth-order valence-electron chi connectivity index (χ4n) is 8.27. The lowest BCUT2D eigenvalue weighted by atomic mass is 9.80. The summed E-state index contributed by atoms with van der Waals surface area (Å²) in [6, 6.07) is 8.90. The van der Waals surface area contributed by atoms with Gasteiger partial charge in [0.2, 0.25) is 5.91 Å². The lowest BCUT2D eigenvalue weighted by molar-refractivity contribution is 0.0194. The van der Waals surface area contributed by atoms with Gasteiger partial charge in [-0.3, -0.25) is 14.0 Å². The Bertz CT molecular complexity index is 1910. The molecule has 0 spiro atoms. The van der Waals surface area contributed by atoms with E-state index in [2.05, 4.69) is 27.4 Å². The van der Waals surface area contributed by atoms with Gasteiger partial charge in [-0.05, 0) is 119 Å². The number of nitrogens with one attached hydrogen (secondary N) is 1. The molecule has 11 heteroatoms. The van der Waals surface area contributed by atoms with Crippen LogP contribution in [0.1, 0.15) is 106 Å². The Morgan fingerprint density at radius 1 is 0.922 bits per heavy atom. The maximum absolute atomic E-state index is 14.6. The van der Waals surface area contributed by atoms with E-state index in [0.717, 1.165) is 79.1 Å². The van der Waals surface area contributed by atoms with E-state index < -0.39 is 12.0 Å². The van der Waals surface area contributed by atoms with Crippen molar-refractivity contribution in [2.75, 3.05) is 24.5 Å². The van der Waals surface area contributed by atoms with Gasteiger partial charge in [0.25, 0.3) is 6.43 Å². The lowest BCUT2D eigenvalue weighted by Crippen LogP contribution is -2.49. The quantitative estimate of drug-likeness (QED) is 0.217. The monoisotopic (exact) mass is 700 g/mol. The van der Waals surface area contributed by atoms with Crippen LogP contribution in [-0.2, 0) is 18.2 Å². The van der Waals surface area contributed by atoms with Gasteiger partial charge < -0.3 is 19.9 Å². The molecule has 1 N–H and O–H groups in total. The van der Waals surface area contributed by atoms with Crippen LogP contribution in [0.2, 0.25) is 0 Å². The number of carbonyl (C=O) groups excluding carboxylic acids is 2. The third-order valence-electron chi connectivity index (χ3n) is 10.9. The van der Waals surface area contributed by atoms with Crippen molar-refractivity contribution in [2.24, 2.45) is 7.05 Å². The Balaban J connectivity index is 1.11. The molecule has 0 bridgehead atoms. The van der Waals surface area contributed by atoms with Gasteiger partial charge in [0, 0.05) is 91.9 Å². The molecule has 1 aliphatic carbocycles. The molecule has 0 atom stereocenters. The Kier molecular flexibility index (Phi) is 9.69. The van der Waals surface area contributed by atoms with Gasteiger partial charge in [-0.15, -0.1) is 0 Å². The number of aryl methyl sites for hydroxylation is 2. The number of aromatic nitrogens is 3. The molecule has 0 radical (unpaired) electrons. The summed E-state index contributed by atoms with van der Waals surface area (Å²) in [6.07, 6.45) is 12.1. The number of hydrogen-bond donors (Lipinski definition) is 1. The van der Waals surface area contributed by atoms with Crippen molar-refractivity contribution in [2.45, 2.75) is 109 Å². The molecular weight excluding hydrogens is 650 g/mol. The van der Waals surface area contributed by atoms with Crippen molar-refractivity contribution >= 4 is 34.1 Å². The minimum Gasteiger partial charge on any atom is -0.444 e. The highest BCUT2D eigenvalue weighted by Gasteiger charge is 2.31. The van der Waals surface area contributed by atoms with Gasteiger partial charge in [-0.25, -0.2) is 13.6 Å². The van der Waals surface area contributed by atoms with Crippen molar-refractivity contribution in [3.05, 3.63) is 65.7 Å². The highest BCUT2D eigenvalue weighted by molar-refractivity contribution is 5.99. The summed E-state index contributed by atoms with van der Waals surface area (Å²) >= 11 is 0. The Labute approximate surface area is 298 Å². The molecule has 0 unspecified atom stereocenters. The van der Waals surface area contributed by atoms with Crippen LogP contribution >= 0.6 is 0 Å². The topological polar surface area (TPSA) is 84.6 Å². The second-order valence-corrected chi connectivity index (χ2v) is 15.7. The summed E-state index contributed by atoms with van der Waals surface area (Å²) in [6.45, 7) is 9.36. The van der Waals surface area contributed by atoms with Crippen LogP contribution in [-0.4, -0.2) is 68.6 Å². The van der Waals surface area contributed by atoms with E-state index in [4.69, 9.17) is 4.74 Å². The number of benzene rings is 2. The van der Waals surface area contributed by atoms with Crippen molar-refractivity contribution in [1.82, 2.24) is 24.6 Å². The van der Waals surface area contributed by atoms with Crippen LogP contribution in [0.4, 0.5) is 25.0 Å². The second-order valence-electron chi connectivity index (χ2n) is 15.7. The van der Waals surface area contributed by atoms with Gasteiger partial charge in [0.05, 0.1) is 11.9 Å². The first-order chi connectivity index (χ1) is 24.3. The summed E-state index contributed by atoms with van der Waals surface area (Å²) in [4.78, 5) is 29.1. The lowest BCUT2D eigenvalue weighted by Gasteiger charge is -2.37. The molecule has 7 rings (SSSR count). The minimum atomic E-state index is -2.64. The molecule has 1 saturated carbocycles. The van der Waals surface area contributed by atoms with Gasteiger partial charge in [0.15, 0.2) is 0 Å². The maximum Gasteiger partial charge on any atom is 0.410 e. The third-order valence-corrected chi connectivity index (χ3v) is 10.9. The summed E-state index contributed by atoms with van der Waals surface area (Å²) in [7, 11) is 1.79. The van der Waals surface area contributed by atoms with E-state index in [9.17, 15) is 18.4 Å². The van der Waals surface area contributed by atoms with Gasteiger partial charge in [-0.2, -0.15) is 5.10 Å². The number of rotatable bonds is 6. The highest BCUT2D eigenvalue weighted by atomic mass is 19.3. The SMILES string of the molecule is CC(=O)n1cc2cc(C3CCC(NC4CCN(C(=O)OC(C)(C)C)CC4)CC3)cc(N3CCCc4cc(-c5cnn(C)c5)c(C(F)F)cc43)c2c1. The van der Waals surface area contributed by atoms with Crippen LogP contribution in [0, 0.1) is 0 Å². The molecule has 4 aromatic rings. The molecule has 272 valence electrons. The number of anilines is 2. The molecule has 2 aromatic carbocycles.